The lowest BCUT2D eigenvalue weighted by atomic mass is 10.3. The maximum atomic E-state index is 11.6. The van der Waals surface area contributed by atoms with Gasteiger partial charge >= 0.3 is 0 Å². The lowest BCUT2D eigenvalue weighted by molar-refractivity contribution is -0.127. The minimum absolute atomic E-state index is 0.102. The number of carbonyl (C=O) groups is 2. The van der Waals surface area contributed by atoms with Gasteiger partial charge in [-0.05, 0) is 13.3 Å². The smallest absolute Gasteiger partial charge is 0.288 e. The Morgan fingerprint density at radius 2 is 2.53 bits per heavy atom. The third-order valence-electron chi connectivity index (χ3n) is 2.67. The van der Waals surface area contributed by atoms with Crippen LogP contribution in [0.4, 0.5) is 0 Å². The molecule has 1 aliphatic heterocycles. The normalized spacial score (nSPS) is 17.2. The van der Waals surface area contributed by atoms with Gasteiger partial charge in [0.2, 0.25) is 11.7 Å². The number of rotatable bonds is 4. The van der Waals surface area contributed by atoms with E-state index in [0.717, 1.165) is 13.0 Å². The van der Waals surface area contributed by atoms with Crippen molar-refractivity contribution in [2.24, 2.45) is 0 Å². The van der Waals surface area contributed by atoms with Gasteiger partial charge in [0.1, 0.15) is 6.33 Å². The van der Waals surface area contributed by atoms with Crippen LogP contribution in [0.15, 0.2) is 6.33 Å². The molecule has 1 fully saturated rings. The number of hydrogen-bond acceptors (Lipinski definition) is 4. The molecule has 2 N–H and O–H groups in total. The fourth-order valence-electron chi connectivity index (χ4n) is 1.88. The number of H-pyrrole nitrogens is 1. The molecule has 7 heteroatoms. The van der Waals surface area contributed by atoms with Crippen LogP contribution in [0.2, 0.25) is 0 Å². The first kappa shape index (κ1) is 11.6. The fraction of sp³-hybridized carbons (Fsp3) is 0.600. The number of nitrogens with one attached hydrogen (secondary N) is 2. The third-order valence-corrected chi connectivity index (χ3v) is 2.67. The number of amides is 2. The molecule has 92 valence electrons. The van der Waals surface area contributed by atoms with Crippen LogP contribution in [0.1, 0.15) is 30.4 Å². The van der Waals surface area contributed by atoms with Crippen LogP contribution in [0.25, 0.3) is 0 Å². The molecule has 2 heterocycles. The summed E-state index contributed by atoms with van der Waals surface area (Å²) in [6.45, 7) is 3.18. The summed E-state index contributed by atoms with van der Waals surface area (Å²) in [5, 5.41) is 8.86. The van der Waals surface area contributed by atoms with Crippen molar-refractivity contribution in [1.29, 1.82) is 0 Å². The second-order valence-electron chi connectivity index (χ2n) is 4.15. The minimum Gasteiger partial charge on any atom is -0.345 e. The van der Waals surface area contributed by atoms with Crippen molar-refractivity contribution in [1.82, 2.24) is 25.4 Å². The van der Waals surface area contributed by atoms with Crippen LogP contribution in [0.5, 0.6) is 0 Å². The largest absolute Gasteiger partial charge is 0.345 e. The van der Waals surface area contributed by atoms with Crippen molar-refractivity contribution in [3.05, 3.63) is 12.2 Å². The lowest BCUT2D eigenvalue weighted by Crippen LogP contribution is -2.42. The maximum Gasteiger partial charge on any atom is 0.288 e. The van der Waals surface area contributed by atoms with Gasteiger partial charge in [-0.25, -0.2) is 4.98 Å². The van der Waals surface area contributed by atoms with E-state index in [2.05, 4.69) is 20.5 Å². The molecule has 1 unspecified atom stereocenters. The summed E-state index contributed by atoms with van der Waals surface area (Å²) in [5.41, 5.74) is 0. The highest BCUT2D eigenvalue weighted by Gasteiger charge is 2.22. The summed E-state index contributed by atoms with van der Waals surface area (Å²) in [6, 6.07) is -0.102. The second kappa shape index (κ2) is 4.94. The predicted molar refractivity (Wildman–Crippen MR) is 59.1 cm³/mol. The van der Waals surface area contributed by atoms with E-state index in [1.807, 2.05) is 6.92 Å². The highest BCUT2D eigenvalue weighted by molar-refractivity contribution is 5.90. The number of carbonyl (C=O) groups excluding carboxylic acids is 2. The Bertz CT molecular complexity index is 403. The molecule has 1 aromatic heterocycles. The Balaban J connectivity index is 1.83. The molecule has 0 bridgehead atoms. The van der Waals surface area contributed by atoms with Crippen LogP contribution < -0.4 is 5.32 Å². The van der Waals surface area contributed by atoms with Crippen molar-refractivity contribution in [3.63, 3.8) is 0 Å². The lowest BCUT2D eigenvalue weighted by Gasteiger charge is -2.21. The van der Waals surface area contributed by atoms with E-state index in [9.17, 15) is 9.59 Å². The van der Waals surface area contributed by atoms with Crippen LogP contribution >= 0.6 is 0 Å². The van der Waals surface area contributed by atoms with E-state index in [-0.39, 0.29) is 23.7 Å². The Hall–Kier alpha value is -1.92. The van der Waals surface area contributed by atoms with Crippen molar-refractivity contribution >= 4 is 11.8 Å². The highest BCUT2D eigenvalue weighted by Crippen LogP contribution is 2.09. The van der Waals surface area contributed by atoms with Crippen molar-refractivity contribution < 1.29 is 9.59 Å². The Morgan fingerprint density at radius 1 is 1.71 bits per heavy atom. The van der Waals surface area contributed by atoms with Gasteiger partial charge in [0, 0.05) is 25.6 Å². The zero-order valence-corrected chi connectivity index (χ0v) is 9.64. The highest BCUT2D eigenvalue weighted by atomic mass is 16.2. The summed E-state index contributed by atoms with van der Waals surface area (Å²) < 4.78 is 0. The summed E-state index contributed by atoms with van der Waals surface area (Å²) in [5.74, 6) is 0.0389. The Labute approximate surface area is 98.6 Å². The first-order chi connectivity index (χ1) is 8.16. The van der Waals surface area contributed by atoms with Crippen molar-refractivity contribution in [2.45, 2.75) is 25.8 Å². The average Bonchev–Trinajstić information content (AvgIpc) is 2.90. The molecule has 0 spiro atoms. The summed E-state index contributed by atoms with van der Waals surface area (Å²) >= 11 is 0. The first-order valence-corrected chi connectivity index (χ1v) is 5.61. The molecule has 2 rings (SSSR count). The molecule has 0 radical (unpaired) electrons. The van der Waals surface area contributed by atoms with E-state index >= 15 is 0 Å². The standard InChI is InChI=1S/C10H15N5O2/c1-7(5-15-4-2-3-8(15)16)13-10(17)9-11-6-12-14-9/h6-7H,2-5H2,1H3,(H,13,17)(H,11,12,14). The van der Waals surface area contributed by atoms with E-state index in [1.165, 1.54) is 6.33 Å². The van der Waals surface area contributed by atoms with Crippen molar-refractivity contribution in [3.8, 4) is 0 Å². The molecule has 0 saturated carbocycles. The van der Waals surface area contributed by atoms with E-state index in [4.69, 9.17) is 0 Å². The summed E-state index contributed by atoms with van der Waals surface area (Å²) in [7, 11) is 0. The number of nitrogens with zero attached hydrogens (tertiary/aromatic N) is 3. The molecule has 17 heavy (non-hydrogen) atoms. The first-order valence-electron chi connectivity index (χ1n) is 5.61. The molecule has 2 amide bonds. The van der Waals surface area contributed by atoms with Gasteiger partial charge in [0.25, 0.3) is 5.91 Å². The van der Waals surface area contributed by atoms with Gasteiger partial charge in [0.15, 0.2) is 0 Å². The fourth-order valence-corrected chi connectivity index (χ4v) is 1.88. The molecule has 1 aromatic rings. The summed E-state index contributed by atoms with van der Waals surface area (Å²) in [4.78, 5) is 28.6. The van der Waals surface area contributed by atoms with E-state index < -0.39 is 0 Å². The van der Waals surface area contributed by atoms with Crippen LogP contribution in [0, 0.1) is 0 Å². The number of hydrogen-bond donors (Lipinski definition) is 2. The monoisotopic (exact) mass is 237 g/mol. The van der Waals surface area contributed by atoms with Gasteiger partial charge in [-0.3, -0.25) is 14.7 Å². The van der Waals surface area contributed by atoms with Gasteiger partial charge in [0.05, 0.1) is 0 Å². The second-order valence-corrected chi connectivity index (χ2v) is 4.15. The van der Waals surface area contributed by atoms with Crippen LogP contribution in [-0.4, -0.2) is 51.0 Å². The Morgan fingerprint density at radius 3 is 3.12 bits per heavy atom. The molecule has 0 aromatic carbocycles. The van der Waals surface area contributed by atoms with Gasteiger partial charge in [-0.1, -0.05) is 0 Å². The van der Waals surface area contributed by atoms with Crippen LogP contribution in [0.3, 0.4) is 0 Å². The molecule has 7 nitrogen and oxygen atoms in total. The van der Waals surface area contributed by atoms with Gasteiger partial charge < -0.3 is 10.2 Å². The number of likely N-dealkylation sites (tertiary alicyclic amines) is 1. The molecule has 1 atom stereocenters. The molecule has 0 aliphatic carbocycles. The Kier molecular flexibility index (Phi) is 3.36. The van der Waals surface area contributed by atoms with E-state index in [1.54, 1.807) is 4.90 Å². The minimum atomic E-state index is -0.304. The zero-order valence-electron chi connectivity index (χ0n) is 9.64. The zero-order chi connectivity index (χ0) is 12.3. The molecule has 1 aliphatic rings. The molecular formula is C10H15N5O2. The average molecular weight is 237 g/mol. The van der Waals surface area contributed by atoms with Crippen LogP contribution in [-0.2, 0) is 4.79 Å². The SMILES string of the molecule is CC(CN1CCCC1=O)NC(=O)c1ncn[nH]1. The quantitative estimate of drug-likeness (QED) is 0.741. The van der Waals surface area contributed by atoms with Crippen molar-refractivity contribution in [2.75, 3.05) is 13.1 Å². The topological polar surface area (TPSA) is 91.0 Å². The number of aromatic nitrogens is 3. The predicted octanol–water partition coefficient (Wildman–Crippen LogP) is -0.455. The number of aromatic amines is 1. The molecule has 1 saturated heterocycles. The van der Waals surface area contributed by atoms with Gasteiger partial charge in [-0.2, -0.15) is 5.10 Å². The summed E-state index contributed by atoms with van der Waals surface area (Å²) in [6.07, 6.45) is 2.80. The third kappa shape index (κ3) is 2.80. The van der Waals surface area contributed by atoms with E-state index in [0.29, 0.717) is 13.0 Å². The van der Waals surface area contributed by atoms with Gasteiger partial charge in [-0.15, -0.1) is 0 Å². The molecular weight excluding hydrogens is 222 g/mol. The maximum absolute atomic E-state index is 11.6.